The second-order valence-corrected chi connectivity index (χ2v) is 4.52. The molecule has 2 rings (SSSR count). The van der Waals surface area contributed by atoms with Gasteiger partial charge in [0.15, 0.2) is 0 Å². The van der Waals surface area contributed by atoms with Crippen LogP contribution in [0.1, 0.15) is 11.1 Å². The van der Waals surface area contributed by atoms with Gasteiger partial charge in [0.05, 0.1) is 0 Å². The number of halogens is 1. The number of hydrogen-bond donors (Lipinski definition) is 1. The van der Waals surface area contributed by atoms with Crippen LogP contribution in [0.5, 0.6) is 0 Å². The van der Waals surface area contributed by atoms with Crippen molar-refractivity contribution in [2.45, 2.75) is 24.3 Å². The summed E-state index contributed by atoms with van der Waals surface area (Å²) in [6.45, 7) is 1.95. The Morgan fingerprint density at radius 2 is 2.31 bits per heavy atom. The molecule has 1 aromatic carbocycles. The Balaban J connectivity index is 2.47. The van der Waals surface area contributed by atoms with E-state index in [1.807, 2.05) is 6.92 Å². The number of benzene rings is 1. The number of hydrogen-bond acceptors (Lipinski definition) is 2. The molecule has 0 aliphatic carbocycles. The summed E-state index contributed by atoms with van der Waals surface area (Å²) in [5.74, 6) is 0.797. The molecule has 1 unspecified atom stereocenters. The largest absolute Gasteiger partial charge is 0.327 e. The van der Waals surface area contributed by atoms with E-state index in [-0.39, 0.29) is 11.9 Å². The number of thioether (sulfide) groups is 1. The molecule has 0 radical (unpaired) electrons. The molecule has 1 atom stereocenters. The zero-order valence-corrected chi connectivity index (χ0v) is 8.33. The Morgan fingerprint density at radius 3 is 3.08 bits per heavy atom. The van der Waals surface area contributed by atoms with Gasteiger partial charge in [-0.25, -0.2) is 4.39 Å². The first-order valence-electron chi connectivity index (χ1n) is 4.34. The lowest BCUT2D eigenvalue weighted by Gasteiger charge is -2.22. The Labute approximate surface area is 81.5 Å². The summed E-state index contributed by atoms with van der Waals surface area (Å²) in [4.78, 5) is 1.23. The van der Waals surface area contributed by atoms with Crippen molar-refractivity contribution in [1.29, 1.82) is 0 Å². The van der Waals surface area contributed by atoms with Crippen LogP contribution in [0.3, 0.4) is 0 Å². The Kier molecular flexibility index (Phi) is 2.30. The molecule has 0 bridgehead atoms. The summed E-state index contributed by atoms with van der Waals surface area (Å²) in [7, 11) is 0. The normalized spacial score (nSPS) is 21.3. The number of fused-ring (bicyclic) bond motifs is 1. The predicted molar refractivity (Wildman–Crippen MR) is 53.5 cm³/mol. The zero-order valence-electron chi connectivity index (χ0n) is 7.51. The van der Waals surface area contributed by atoms with Gasteiger partial charge >= 0.3 is 0 Å². The number of aryl methyl sites for hydroxylation is 1. The van der Waals surface area contributed by atoms with Crippen molar-refractivity contribution in [3.8, 4) is 0 Å². The fourth-order valence-electron chi connectivity index (χ4n) is 1.69. The van der Waals surface area contributed by atoms with E-state index in [4.69, 9.17) is 5.73 Å². The molecular formula is C10H12FNS. The van der Waals surface area contributed by atoms with E-state index in [2.05, 4.69) is 0 Å². The molecule has 0 spiro atoms. The molecule has 1 aromatic rings. The van der Waals surface area contributed by atoms with Gasteiger partial charge in [0, 0.05) is 16.7 Å². The third-order valence-electron chi connectivity index (χ3n) is 2.24. The summed E-state index contributed by atoms with van der Waals surface area (Å²) < 4.78 is 13.0. The van der Waals surface area contributed by atoms with Gasteiger partial charge in [0.25, 0.3) is 0 Å². The first-order valence-corrected chi connectivity index (χ1v) is 5.33. The highest BCUT2D eigenvalue weighted by Gasteiger charge is 2.18. The summed E-state index contributed by atoms with van der Waals surface area (Å²) in [5, 5.41) is 0. The molecule has 0 aromatic heterocycles. The van der Waals surface area contributed by atoms with Gasteiger partial charge in [0.1, 0.15) is 5.82 Å². The average molecular weight is 197 g/mol. The first-order chi connectivity index (χ1) is 6.16. The van der Waals surface area contributed by atoms with Crippen molar-refractivity contribution in [3.05, 3.63) is 29.1 Å². The second kappa shape index (κ2) is 3.31. The maximum Gasteiger partial charge on any atom is 0.123 e. The highest BCUT2D eigenvalue weighted by molar-refractivity contribution is 7.99. The monoisotopic (exact) mass is 197 g/mol. The number of rotatable bonds is 0. The Hall–Kier alpha value is -0.540. The molecular weight excluding hydrogens is 185 g/mol. The van der Waals surface area contributed by atoms with Gasteiger partial charge in [-0.15, -0.1) is 11.8 Å². The van der Waals surface area contributed by atoms with Crippen LogP contribution >= 0.6 is 11.8 Å². The van der Waals surface area contributed by atoms with Crippen molar-refractivity contribution in [2.75, 3.05) is 5.75 Å². The molecule has 1 nitrogen and oxygen atoms in total. The van der Waals surface area contributed by atoms with E-state index < -0.39 is 0 Å². The quantitative estimate of drug-likeness (QED) is 0.689. The van der Waals surface area contributed by atoms with Crippen LogP contribution in [0.4, 0.5) is 4.39 Å². The van der Waals surface area contributed by atoms with E-state index in [0.717, 1.165) is 23.3 Å². The van der Waals surface area contributed by atoms with E-state index in [1.54, 1.807) is 23.9 Å². The van der Waals surface area contributed by atoms with Gasteiger partial charge < -0.3 is 5.73 Å². The summed E-state index contributed by atoms with van der Waals surface area (Å²) in [6, 6.07) is 3.37. The summed E-state index contributed by atoms with van der Waals surface area (Å²) >= 11 is 1.74. The van der Waals surface area contributed by atoms with Crippen LogP contribution in [0.15, 0.2) is 17.0 Å². The Morgan fingerprint density at radius 1 is 1.54 bits per heavy atom. The molecule has 0 amide bonds. The zero-order chi connectivity index (χ0) is 9.42. The fourth-order valence-corrected chi connectivity index (χ4v) is 2.80. The van der Waals surface area contributed by atoms with Crippen molar-refractivity contribution in [1.82, 2.24) is 0 Å². The van der Waals surface area contributed by atoms with Crippen LogP contribution in [0.2, 0.25) is 0 Å². The molecule has 70 valence electrons. The fraction of sp³-hybridized carbons (Fsp3) is 0.400. The lowest BCUT2D eigenvalue weighted by molar-refractivity contribution is 0.617. The van der Waals surface area contributed by atoms with Crippen LogP contribution in [-0.2, 0) is 6.42 Å². The molecule has 13 heavy (non-hydrogen) atoms. The third-order valence-corrected chi connectivity index (χ3v) is 3.71. The van der Waals surface area contributed by atoms with Crippen molar-refractivity contribution < 1.29 is 4.39 Å². The minimum Gasteiger partial charge on any atom is -0.327 e. The number of nitrogens with two attached hydrogens (primary N) is 1. The van der Waals surface area contributed by atoms with E-state index in [9.17, 15) is 4.39 Å². The molecule has 3 heteroatoms. The SMILES string of the molecule is Cc1cc(F)cc2c1SCC(N)C2. The van der Waals surface area contributed by atoms with Gasteiger partial charge in [-0.1, -0.05) is 0 Å². The topological polar surface area (TPSA) is 26.0 Å². The standard InChI is InChI=1S/C10H12FNS/c1-6-2-8(11)3-7-4-9(12)5-13-10(6)7/h2-3,9H,4-5,12H2,1H3. The van der Waals surface area contributed by atoms with E-state index in [0.29, 0.717) is 0 Å². The average Bonchev–Trinajstić information content (AvgIpc) is 2.02. The summed E-state index contributed by atoms with van der Waals surface area (Å²) in [5.41, 5.74) is 7.91. The molecule has 1 aliphatic heterocycles. The van der Waals surface area contributed by atoms with Crippen molar-refractivity contribution in [2.24, 2.45) is 5.73 Å². The van der Waals surface area contributed by atoms with E-state index in [1.165, 1.54) is 4.90 Å². The molecule has 1 aliphatic rings. The maximum atomic E-state index is 13.0. The maximum absolute atomic E-state index is 13.0. The Bertz CT molecular complexity index is 338. The van der Waals surface area contributed by atoms with Crippen molar-refractivity contribution in [3.63, 3.8) is 0 Å². The van der Waals surface area contributed by atoms with Crippen LogP contribution < -0.4 is 5.73 Å². The minimum absolute atomic E-state index is 0.147. The summed E-state index contributed by atoms with van der Waals surface area (Å²) in [6.07, 6.45) is 0.806. The van der Waals surface area contributed by atoms with Crippen LogP contribution in [-0.4, -0.2) is 11.8 Å². The van der Waals surface area contributed by atoms with Gasteiger partial charge in [-0.2, -0.15) is 0 Å². The molecule has 2 N–H and O–H groups in total. The van der Waals surface area contributed by atoms with Crippen molar-refractivity contribution >= 4 is 11.8 Å². The molecule has 1 heterocycles. The molecule has 0 saturated heterocycles. The molecule has 0 fully saturated rings. The smallest absolute Gasteiger partial charge is 0.123 e. The van der Waals surface area contributed by atoms with Crippen LogP contribution in [0, 0.1) is 12.7 Å². The van der Waals surface area contributed by atoms with Gasteiger partial charge in [-0.05, 0) is 36.6 Å². The second-order valence-electron chi connectivity index (χ2n) is 3.49. The molecule has 0 saturated carbocycles. The minimum atomic E-state index is -0.147. The highest BCUT2D eigenvalue weighted by Crippen LogP contribution is 2.32. The lowest BCUT2D eigenvalue weighted by atomic mass is 10.0. The van der Waals surface area contributed by atoms with E-state index >= 15 is 0 Å². The van der Waals surface area contributed by atoms with Gasteiger partial charge in [0.2, 0.25) is 0 Å². The van der Waals surface area contributed by atoms with Crippen LogP contribution in [0.25, 0.3) is 0 Å². The third kappa shape index (κ3) is 1.71. The lowest BCUT2D eigenvalue weighted by Crippen LogP contribution is -2.28. The highest BCUT2D eigenvalue weighted by atomic mass is 32.2. The first kappa shape index (κ1) is 9.03. The van der Waals surface area contributed by atoms with Gasteiger partial charge in [-0.3, -0.25) is 0 Å². The predicted octanol–water partition coefficient (Wildman–Crippen LogP) is 2.11.